The van der Waals surface area contributed by atoms with E-state index in [1.54, 1.807) is 12.4 Å². The number of halogens is 1. The fourth-order valence-electron chi connectivity index (χ4n) is 3.31. The van der Waals surface area contributed by atoms with Crippen LogP contribution in [0.4, 0.5) is 0 Å². The molecule has 0 aliphatic heterocycles. The smallest absolute Gasteiger partial charge is 0.0749 e. The lowest BCUT2D eigenvalue weighted by Crippen LogP contribution is -2.07. The summed E-state index contributed by atoms with van der Waals surface area (Å²) < 4.78 is 0. The molecule has 0 radical (unpaired) electrons. The van der Waals surface area contributed by atoms with Crippen molar-refractivity contribution < 1.29 is 0 Å². The van der Waals surface area contributed by atoms with Crippen LogP contribution in [-0.4, -0.2) is 15.0 Å². The van der Waals surface area contributed by atoms with Crippen molar-refractivity contribution in [1.82, 2.24) is 15.0 Å². The zero-order valence-corrected chi connectivity index (χ0v) is 15.4. The maximum absolute atomic E-state index is 6.44. The van der Waals surface area contributed by atoms with E-state index in [0.29, 0.717) is 5.02 Å². The van der Waals surface area contributed by atoms with E-state index in [1.165, 1.54) is 0 Å². The second kappa shape index (κ2) is 8.11. The largest absolute Gasteiger partial charge is 0.264 e. The first-order valence-electron chi connectivity index (χ1n) is 8.81. The molecule has 1 aromatic carbocycles. The maximum atomic E-state index is 6.44. The summed E-state index contributed by atoms with van der Waals surface area (Å²) in [5.41, 5.74) is 5.31. The molecule has 0 bridgehead atoms. The SMILES string of the molecule is Clc1ccccc1-c1ncccc1CC(c1cccnc1)c1cccnc1. The molecule has 27 heavy (non-hydrogen) atoms. The van der Waals surface area contributed by atoms with E-state index < -0.39 is 0 Å². The molecule has 0 aliphatic carbocycles. The molecule has 0 spiro atoms. The standard InChI is InChI=1S/C23H18ClN3/c24-22-10-2-1-9-20(22)23-17(6-5-13-27-23)14-21(18-7-3-11-25-15-18)19-8-4-12-26-16-19/h1-13,15-16,21H,14H2. The summed E-state index contributed by atoms with van der Waals surface area (Å²) in [6.07, 6.45) is 10.0. The summed E-state index contributed by atoms with van der Waals surface area (Å²) >= 11 is 6.44. The average molecular weight is 372 g/mol. The van der Waals surface area contributed by atoms with Gasteiger partial charge in [-0.15, -0.1) is 0 Å². The Morgan fingerprint density at radius 1 is 0.741 bits per heavy atom. The summed E-state index contributed by atoms with van der Waals surface area (Å²) in [6, 6.07) is 20.1. The van der Waals surface area contributed by atoms with Gasteiger partial charge >= 0.3 is 0 Å². The highest BCUT2D eigenvalue weighted by Gasteiger charge is 2.19. The predicted octanol–water partition coefficient (Wildman–Crippen LogP) is 5.57. The van der Waals surface area contributed by atoms with Gasteiger partial charge in [0, 0.05) is 47.5 Å². The molecule has 0 N–H and O–H groups in total. The molecule has 0 saturated carbocycles. The minimum Gasteiger partial charge on any atom is -0.264 e. The Kier molecular flexibility index (Phi) is 5.22. The first-order chi connectivity index (χ1) is 13.3. The van der Waals surface area contributed by atoms with Gasteiger partial charge in [-0.05, 0) is 47.4 Å². The van der Waals surface area contributed by atoms with Crippen molar-refractivity contribution in [3.63, 3.8) is 0 Å². The van der Waals surface area contributed by atoms with Crippen molar-refractivity contribution in [2.45, 2.75) is 12.3 Å². The van der Waals surface area contributed by atoms with Gasteiger partial charge in [-0.25, -0.2) is 0 Å². The number of pyridine rings is 3. The number of nitrogens with zero attached hydrogens (tertiary/aromatic N) is 3. The van der Waals surface area contributed by atoms with Crippen LogP contribution >= 0.6 is 11.6 Å². The van der Waals surface area contributed by atoms with Crippen LogP contribution in [-0.2, 0) is 6.42 Å². The Labute approximate surface area is 163 Å². The van der Waals surface area contributed by atoms with E-state index in [4.69, 9.17) is 11.6 Å². The second-order valence-electron chi connectivity index (χ2n) is 6.32. The van der Waals surface area contributed by atoms with Gasteiger partial charge in [0.2, 0.25) is 0 Å². The number of rotatable bonds is 5. The van der Waals surface area contributed by atoms with E-state index in [9.17, 15) is 0 Å². The van der Waals surface area contributed by atoms with Crippen LogP contribution in [0.2, 0.25) is 5.02 Å². The Bertz CT molecular complexity index is 980. The van der Waals surface area contributed by atoms with Gasteiger partial charge in [0.05, 0.1) is 5.69 Å². The fourth-order valence-corrected chi connectivity index (χ4v) is 3.54. The normalized spacial score (nSPS) is 10.9. The topological polar surface area (TPSA) is 38.7 Å². The third-order valence-electron chi connectivity index (χ3n) is 4.62. The highest BCUT2D eigenvalue weighted by atomic mass is 35.5. The third kappa shape index (κ3) is 3.88. The summed E-state index contributed by atoms with van der Waals surface area (Å²) in [5, 5.41) is 0.705. The molecule has 4 heteroatoms. The molecular formula is C23H18ClN3. The van der Waals surface area contributed by atoms with Crippen LogP contribution in [0.3, 0.4) is 0 Å². The van der Waals surface area contributed by atoms with Crippen molar-refractivity contribution in [1.29, 1.82) is 0 Å². The zero-order chi connectivity index (χ0) is 18.5. The molecule has 3 heterocycles. The minimum atomic E-state index is 0.137. The van der Waals surface area contributed by atoms with Crippen LogP contribution in [0, 0.1) is 0 Å². The molecule has 0 unspecified atom stereocenters. The van der Waals surface area contributed by atoms with Gasteiger partial charge < -0.3 is 0 Å². The summed E-state index contributed by atoms with van der Waals surface area (Å²) in [5.74, 6) is 0.137. The molecule has 132 valence electrons. The molecule has 3 nitrogen and oxygen atoms in total. The van der Waals surface area contributed by atoms with E-state index in [1.807, 2.05) is 61.1 Å². The summed E-state index contributed by atoms with van der Waals surface area (Å²) in [4.78, 5) is 13.3. The van der Waals surface area contributed by atoms with Crippen molar-refractivity contribution in [3.8, 4) is 11.3 Å². The molecule has 0 amide bonds. The van der Waals surface area contributed by atoms with E-state index in [0.717, 1.165) is 34.4 Å². The summed E-state index contributed by atoms with van der Waals surface area (Å²) in [7, 11) is 0. The summed E-state index contributed by atoms with van der Waals surface area (Å²) in [6.45, 7) is 0. The molecule has 3 aromatic heterocycles. The highest BCUT2D eigenvalue weighted by molar-refractivity contribution is 6.33. The lowest BCUT2D eigenvalue weighted by Gasteiger charge is -2.19. The van der Waals surface area contributed by atoms with Crippen LogP contribution in [0.5, 0.6) is 0 Å². The Morgan fingerprint density at radius 2 is 1.41 bits per heavy atom. The quantitative estimate of drug-likeness (QED) is 0.460. The Hall–Kier alpha value is -3.04. The van der Waals surface area contributed by atoms with Crippen molar-refractivity contribution in [3.05, 3.63) is 113 Å². The molecule has 0 fully saturated rings. The van der Waals surface area contributed by atoms with Crippen molar-refractivity contribution >= 4 is 11.6 Å². The number of hydrogen-bond acceptors (Lipinski definition) is 3. The molecular weight excluding hydrogens is 354 g/mol. The van der Waals surface area contributed by atoms with Crippen LogP contribution in [0.25, 0.3) is 11.3 Å². The van der Waals surface area contributed by atoms with Gasteiger partial charge in [0.1, 0.15) is 0 Å². The molecule has 4 rings (SSSR count). The monoisotopic (exact) mass is 371 g/mol. The van der Waals surface area contributed by atoms with E-state index in [-0.39, 0.29) is 5.92 Å². The van der Waals surface area contributed by atoms with Gasteiger partial charge in [-0.3, -0.25) is 15.0 Å². The predicted molar refractivity (Wildman–Crippen MR) is 109 cm³/mol. The second-order valence-corrected chi connectivity index (χ2v) is 6.73. The van der Waals surface area contributed by atoms with Crippen molar-refractivity contribution in [2.75, 3.05) is 0 Å². The minimum absolute atomic E-state index is 0.137. The third-order valence-corrected chi connectivity index (χ3v) is 4.95. The van der Waals surface area contributed by atoms with E-state index in [2.05, 4.69) is 33.2 Å². The fraction of sp³-hybridized carbons (Fsp3) is 0.0870. The highest BCUT2D eigenvalue weighted by Crippen LogP contribution is 2.33. The number of hydrogen-bond donors (Lipinski definition) is 0. The van der Waals surface area contributed by atoms with Gasteiger partial charge in [-0.1, -0.05) is 48.0 Å². The maximum Gasteiger partial charge on any atom is 0.0749 e. The average Bonchev–Trinajstić information content (AvgIpc) is 2.74. The molecule has 0 atom stereocenters. The number of benzene rings is 1. The molecule has 4 aromatic rings. The van der Waals surface area contributed by atoms with Crippen LogP contribution < -0.4 is 0 Å². The molecule has 0 saturated heterocycles. The first-order valence-corrected chi connectivity index (χ1v) is 9.19. The Morgan fingerprint density at radius 3 is 2.04 bits per heavy atom. The lowest BCUT2D eigenvalue weighted by molar-refractivity contribution is 0.792. The van der Waals surface area contributed by atoms with Crippen molar-refractivity contribution in [2.24, 2.45) is 0 Å². The lowest BCUT2D eigenvalue weighted by atomic mass is 9.86. The number of aromatic nitrogens is 3. The van der Waals surface area contributed by atoms with Gasteiger partial charge in [0.15, 0.2) is 0 Å². The zero-order valence-electron chi connectivity index (χ0n) is 14.7. The van der Waals surface area contributed by atoms with Crippen LogP contribution in [0.1, 0.15) is 22.6 Å². The van der Waals surface area contributed by atoms with Gasteiger partial charge in [-0.2, -0.15) is 0 Å². The first kappa shape index (κ1) is 17.4. The Balaban J connectivity index is 1.78. The van der Waals surface area contributed by atoms with Crippen LogP contribution in [0.15, 0.2) is 91.6 Å². The molecule has 0 aliphatic rings. The van der Waals surface area contributed by atoms with Gasteiger partial charge in [0.25, 0.3) is 0 Å². The van der Waals surface area contributed by atoms with E-state index >= 15 is 0 Å².